The Morgan fingerprint density at radius 2 is 0.500 bits per heavy atom. The highest BCUT2D eigenvalue weighted by atomic mass is 16.5. The fraction of sp³-hybridized carbons (Fsp3) is 0.400. The molecule has 0 amide bonds. The van der Waals surface area contributed by atoms with Crippen LogP contribution < -0.4 is 37.9 Å². The molecule has 0 atom stereocenters. The lowest BCUT2D eigenvalue weighted by molar-refractivity contribution is 0.306. The molecule has 8 bridgehead atoms. The van der Waals surface area contributed by atoms with Gasteiger partial charge < -0.3 is 47.9 Å². The van der Waals surface area contributed by atoms with Gasteiger partial charge in [-0.1, -0.05) is 180 Å². The van der Waals surface area contributed by atoms with Crippen LogP contribution in [0.25, 0.3) is 133 Å². The molecule has 0 aliphatic carbocycles. The molecule has 0 saturated heterocycles. The van der Waals surface area contributed by atoms with E-state index in [2.05, 4.69) is 114 Å². The van der Waals surface area contributed by atoms with E-state index in [4.69, 9.17) is 67.8 Å². The van der Waals surface area contributed by atoms with E-state index in [9.17, 15) is 0 Å². The summed E-state index contributed by atoms with van der Waals surface area (Å²) in [4.78, 5) is 42.2. The lowest BCUT2D eigenvalue weighted by Crippen LogP contribution is -2.04. The smallest absolute Gasteiger partial charge is 0.168 e. The van der Waals surface area contributed by atoms with Gasteiger partial charge in [0.1, 0.15) is 68.6 Å². The molecule has 0 unspecified atom stereocenters. The zero-order valence-corrected chi connectivity index (χ0v) is 57.2. The van der Waals surface area contributed by atoms with Crippen molar-refractivity contribution >= 4 is 87.2 Å². The standard InChI is InChI=1S/C80H90N8O8/c1-9-17-39-89-59-37-38-60(90-40-18-10-2)56-48-58-57(47-55(56)59)73-81-74(58)83-76-62-64(70(94-44-22-14-6)52-34-28-26-32-50(52)68(62)92-42-20-12-4)78(85-76)87-80-66-65(71(95-45-23-15-7)53-35-29-30-36-54(53)72(66)96-46-24-16-8)79(88-80)86-77-63-61(75(82-73)84-77)67(91-41-19-11-3)49-31-25-27-33-51(49)69(63)93-43-21-13-5/h25-38,47-48H,9-24,39-46H2,1-8H3,(H2,81,82,83,84,85,86,87,88). The summed E-state index contributed by atoms with van der Waals surface area (Å²) in [6.45, 7) is 21.2. The number of nitrogens with zero attached hydrogens (tertiary/aromatic N) is 6. The average molecular weight is 1290 g/mol. The van der Waals surface area contributed by atoms with Gasteiger partial charge in [0.15, 0.2) is 23.3 Å². The third-order valence-electron chi connectivity index (χ3n) is 18.1. The molecule has 498 valence electrons. The van der Waals surface area contributed by atoms with E-state index in [1.54, 1.807) is 0 Å². The molecule has 0 saturated carbocycles. The van der Waals surface area contributed by atoms with Crippen molar-refractivity contribution in [3.63, 3.8) is 0 Å². The first-order valence-corrected chi connectivity index (χ1v) is 35.6. The predicted octanol–water partition coefficient (Wildman–Crippen LogP) is 20.9. The molecule has 11 aromatic rings. The number of hydrogen-bond donors (Lipinski definition) is 2. The summed E-state index contributed by atoms with van der Waals surface area (Å²) < 4.78 is 56.1. The van der Waals surface area contributed by atoms with E-state index in [-0.39, 0.29) is 0 Å². The number of aromatic nitrogens is 8. The summed E-state index contributed by atoms with van der Waals surface area (Å²) in [5.74, 6) is 6.88. The van der Waals surface area contributed by atoms with Gasteiger partial charge in [0.25, 0.3) is 0 Å². The normalized spacial score (nSPS) is 11.9. The van der Waals surface area contributed by atoms with Gasteiger partial charge in [-0.15, -0.1) is 0 Å². The molecule has 0 spiro atoms. The molecule has 8 aromatic carbocycles. The van der Waals surface area contributed by atoms with Crippen LogP contribution in [-0.4, -0.2) is 92.7 Å². The fourth-order valence-corrected chi connectivity index (χ4v) is 12.9. The van der Waals surface area contributed by atoms with E-state index < -0.39 is 0 Å². The molecule has 2 aliphatic heterocycles. The molecular weight excluding hydrogens is 1200 g/mol. The van der Waals surface area contributed by atoms with Crippen molar-refractivity contribution in [2.75, 3.05) is 52.9 Å². The van der Waals surface area contributed by atoms with Gasteiger partial charge in [0.2, 0.25) is 0 Å². The van der Waals surface area contributed by atoms with Gasteiger partial charge in [0, 0.05) is 54.2 Å². The fourth-order valence-electron chi connectivity index (χ4n) is 12.9. The summed E-state index contributed by atoms with van der Waals surface area (Å²) >= 11 is 0. The van der Waals surface area contributed by atoms with Gasteiger partial charge in [-0.25, -0.2) is 29.9 Å². The van der Waals surface area contributed by atoms with E-state index >= 15 is 0 Å². The first-order valence-electron chi connectivity index (χ1n) is 35.6. The Morgan fingerprint density at radius 1 is 0.260 bits per heavy atom. The summed E-state index contributed by atoms with van der Waals surface area (Å²) in [5, 5.41) is 9.76. The quantitative estimate of drug-likeness (QED) is 0.0380. The van der Waals surface area contributed by atoms with Crippen LogP contribution in [-0.2, 0) is 0 Å². The van der Waals surface area contributed by atoms with Gasteiger partial charge in [-0.05, 0) is 75.6 Å². The average Bonchev–Trinajstić information content (AvgIpc) is 1.54. The molecule has 96 heavy (non-hydrogen) atoms. The number of benzene rings is 8. The number of ether oxygens (including phenoxy) is 8. The molecule has 5 heterocycles. The van der Waals surface area contributed by atoms with Crippen molar-refractivity contribution in [1.82, 2.24) is 39.9 Å². The molecule has 2 N–H and O–H groups in total. The summed E-state index contributed by atoms with van der Waals surface area (Å²) in [5.41, 5.74) is 4.61. The van der Waals surface area contributed by atoms with Crippen LogP contribution >= 0.6 is 0 Å². The molecule has 3 aromatic heterocycles. The Hall–Kier alpha value is -9.44. The highest BCUT2D eigenvalue weighted by Gasteiger charge is 2.34. The van der Waals surface area contributed by atoms with Crippen LogP contribution in [0.1, 0.15) is 158 Å². The first kappa shape index (κ1) is 65.2. The van der Waals surface area contributed by atoms with Crippen LogP contribution in [0.2, 0.25) is 0 Å². The number of fused-ring (bicyclic) bond motifs is 24. The molecule has 16 nitrogen and oxygen atoms in total. The van der Waals surface area contributed by atoms with E-state index in [0.29, 0.717) is 166 Å². The zero-order chi connectivity index (χ0) is 66.1. The Morgan fingerprint density at radius 3 is 0.781 bits per heavy atom. The highest BCUT2D eigenvalue weighted by molar-refractivity contribution is 6.23. The maximum atomic E-state index is 7.13. The largest absolute Gasteiger partial charge is 0.493 e. The number of unbranched alkanes of at least 4 members (excludes halogenated alkanes) is 8. The second-order valence-corrected chi connectivity index (χ2v) is 25.1. The Balaban J connectivity index is 1.28. The van der Waals surface area contributed by atoms with Crippen molar-refractivity contribution < 1.29 is 37.9 Å². The van der Waals surface area contributed by atoms with Crippen molar-refractivity contribution in [3.05, 3.63) is 97.1 Å². The molecule has 0 fully saturated rings. The minimum absolute atomic E-state index is 0.358. The van der Waals surface area contributed by atoms with Gasteiger partial charge in [0.05, 0.1) is 85.5 Å². The molecule has 0 radical (unpaired) electrons. The molecular formula is C80H90N8O8. The van der Waals surface area contributed by atoms with Crippen molar-refractivity contribution in [1.29, 1.82) is 0 Å². The lowest BCUT2D eigenvalue weighted by atomic mass is 9.98. The van der Waals surface area contributed by atoms with Crippen LogP contribution in [0.3, 0.4) is 0 Å². The number of aromatic amines is 2. The first-order chi connectivity index (χ1) is 47.4. The van der Waals surface area contributed by atoms with Crippen molar-refractivity contribution in [2.24, 2.45) is 0 Å². The SMILES string of the molecule is CCCCOc1ccc(OCCCC)c2cc3c(cc12)-c1nc-3nc2[nH]c(nc3nc(nc4[nH]c(n1)c1c(OCCCC)c5ccccc5c(OCCCC)c41)-c1c-3c(OCCCC)c3ccccc3c1OCCCC)c1c(OCCCC)c3ccccc3c(OCCCC)c21. The number of rotatable bonds is 32. The van der Waals surface area contributed by atoms with Crippen LogP contribution in [0.4, 0.5) is 0 Å². The minimum Gasteiger partial charge on any atom is -0.493 e. The lowest BCUT2D eigenvalue weighted by Gasteiger charge is -2.19. The second-order valence-electron chi connectivity index (χ2n) is 25.1. The van der Waals surface area contributed by atoms with E-state index in [1.165, 1.54) is 0 Å². The topological polar surface area (TPSA) is 183 Å². The van der Waals surface area contributed by atoms with Crippen LogP contribution in [0.5, 0.6) is 46.0 Å². The monoisotopic (exact) mass is 1290 g/mol. The minimum atomic E-state index is 0.358. The molecule has 16 heteroatoms. The molecule has 13 rings (SSSR count). The summed E-state index contributed by atoms with van der Waals surface area (Å²) in [7, 11) is 0. The Bertz CT molecular complexity index is 4530. The van der Waals surface area contributed by atoms with Crippen LogP contribution in [0, 0.1) is 0 Å². The Kier molecular flexibility index (Phi) is 20.5. The summed E-state index contributed by atoms with van der Waals surface area (Å²) in [6, 6.07) is 33.3. The van der Waals surface area contributed by atoms with Crippen molar-refractivity contribution in [3.8, 4) is 91.5 Å². The maximum Gasteiger partial charge on any atom is 0.168 e. The van der Waals surface area contributed by atoms with E-state index in [0.717, 1.165) is 168 Å². The highest BCUT2D eigenvalue weighted by Crippen LogP contribution is 2.55. The van der Waals surface area contributed by atoms with Gasteiger partial charge in [-0.2, -0.15) is 0 Å². The molecule has 2 aliphatic rings. The predicted molar refractivity (Wildman–Crippen MR) is 389 cm³/mol. The van der Waals surface area contributed by atoms with E-state index in [1.807, 2.05) is 48.5 Å². The zero-order valence-electron chi connectivity index (χ0n) is 57.2. The summed E-state index contributed by atoms with van der Waals surface area (Å²) in [6.07, 6.45) is 14.3. The Labute approximate surface area is 561 Å². The third-order valence-corrected chi connectivity index (χ3v) is 18.1. The van der Waals surface area contributed by atoms with Crippen LogP contribution in [0.15, 0.2) is 97.1 Å². The van der Waals surface area contributed by atoms with Gasteiger partial charge in [-0.3, -0.25) is 0 Å². The number of H-pyrrole nitrogens is 2. The maximum absolute atomic E-state index is 7.13. The van der Waals surface area contributed by atoms with Gasteiger partial charge >= 0.3 is 0 Å². The number of hydrogen-bond acceptors (Lipinski definition) is 14. The van der Waals surface area contributed by atoms with Crippen molar-refractivity contribution in [2.45, 2.75) is 158 Å². The third kappa shape index (κ3) is 12.6. The number of nitrogens with one attached hydrogen (secondary N) is 2. The second kappa shape index (κ2) is 30.1.